The third kappa shape index (κ3) is 4.82. The van der Waals surface area contributed by atoms with Gasteiger partial charge in [-0.05, 0) is 24.6 Å². The number of unbranched alkanes of at least 4 members (excludes halogenated alkanes) is 1. The molecule has 10 heteroatoms. The Morgan fingerprint density at radius 2 is 2.04 bits per heavy atom. The number of carbonyl (C=O) groups is 1. The maximum Gasteiger partial charge on any atom is 0.279 e. The van der Waals surface area contributed by atoms with E-state index >= 15 is 0 Å². The van der Waals surface area contributed by atoms with E-state index < -0.39 is 5.91 Å². The molecular formula is C18H20N4O4S2. The van der Waals surface area contributed by atoms with Crippen molar-refractivity contribution in [2.24, 2.45) is 0 Å². The molecule has 2 aromatic heterocycles. The summed E-state index contributed by atoms with van der Waals surface area (Å²) >= 11 is 2.97. The molecule has 0 fully saturated rings. The molecule has 0 saturated heterocycles. The molecule has 2 heterocycles. The van der Waals surface area contributed by atoms with E-state index in [9.17, 15) is 4.79 Å². The molecule has 0 aliphatic carbocycles. The van der Waals surface area contributed by atoms with Crippen molar-refractivity contribution in [2.75, 3.05) is 25.3 Å². The highest BCUT2D eigenvalue weighted by molar-refractivity contribution is 8.01. The number of benzene rings is 1. The molecule has 3 aromatic rings. The SMILES string of the molecule is CCCCSc1nnc(NC(=O)c2cc(-c3ccc(OC)c(OC)c3)on2)s1. The van der Waals surface area contributed by atoms with Crippen molar-refractivity contribution in [3.05, 3.63) is 30.0 Å². The zero-order valence-corrected chi connectivity index (χ0v) is 17.4. The molecule has 28 heavy (non-hydrogen) atoms. The molecule has 148 valence electrons. The van der Waals surface area contributed by atoms with Crippen LogP contribution in [0.3, 0.4) is 0 Å². The van der Waals surface area contributed by atoms with Gasteiger partial charge in [-0.1, -0.05) is 41.6 Å². The summed E-state index contributed by atoms with van der Waals surface area (Å²) in [6, 6.07) is 6.88. The number of nitrogens with zero attached hydrogens (tertiary/aromatic N) is 3. The molecule has 3 rings (SSSR count). The van der Waals surface area contributed by atoms with Gasteiger partial charge in [0.15, 0.2) is 27.3 Å². The van der Waals surface area contributed by atoms with Crippen LogP contribution in [0.5, 0.6) is 11.5 Å². The van der Waals surface area contributed by atoms with E-state index in [0.29, 0.717) is 22.4 Å². The molecule has 0 saturated carbocycles. The largest absolute Gasteiger partial charge is 0.493 e. The first-order valence-corrected chi connectivity index (χ1v) is 10.4. The number of carbonyl (C=O) groups excluding carboxylic acids is 1. The second kappa shape index (κ2) is 9.56. The Kier molecular flexibility index (Phi) is 6.88. The number of methoxy groups -OCH3 is 2. The lowest BCUT2D eigenvalue weighted by Gasteiger charge is -2.07. The molecular weight excluding hydrogens is 400 g/mol. The number of amides is 1. The molecule has 0 unspecified atom stereocenters. The van der Waals surface area contributed by atoms with E-state index in [-0.39, 0.29) is 5.69 Å². The van der Waals surface area contributed by atoms with Crippen molar-refractivity contribution in [3.8, 4) is 22.8 Å². The van der Waals surface area contributed by atoms with Gasteiger partial charge in [0, 0.05) is 17.4 Å². The number of rotatable bonds is 9. The number of nitrogens with one attached hydrogen (secondary N) is 1. The average molecular weight is 421 g/mol. The van der Waals surface area contributed by atoms with Crippen LogP contribution in [0.15, 0.2) is 33.1 Å². The Labute approximate surface area is 170 Å². The van der Waals surface area contributed by atoms with Crippen LogP contribution in [-0.2, 0) is 0 Å². The summed E-state index contributed by atoms with van der Waals surface area (Å²) in [5, 5.41) is 15.0. The molecule has 1 N–H and O–H groups in total. The summed E-state index contributed by atoms with van der Waals surface area (Å²) in [6.07, 6.45) is 2.24. The number of hydrogen-bond acceptors (Lipinski definition) is 9. The monoisotopic (exact) mass is 420 g/mol. The molecule has 8 nitrogen and oxygen atoms in total. The highest BCUT2D eigenvalue weighted by Crippen LogP contribution is 2.32. The number of ether oxygens (including phenoxy) is 2. The molecule has 1 aromatic carbocycles. The third-order valence-electron chi connectivity index (χ3n) is 3.76. The maximum atomic E-state index is 12.4. The Bertz CT molecular complexity index is 941. The smallest absolute Gasteiger partial charge is 0.279 e. The number of hydrogen-bond donors (Lipinski definition) is 1. The van der Waals surface area contributed by atoms with Crippen molar-refractivity contribution < 1.29 is 18.8 Å². The van der Waals surface area contributed by atoms with Crippen LogP contribution in [0.1, 0.15) is 30.3 Å². The maximum absolute atomic E-state index is 12.4. The standard InChI is InChI=1S/C18H20N4O4S2/c1-4-5-8-27-18-21-20-17(28-18)19-16(23)12-10-14(26-22-12)11-6-7-13(24-2)15(9-11)25-3/h6-7,9-10H,4-5,8H2,1-3H3,(H,19,20,23). The molecule has 0 radical (unpaired) electrons. The summed E-state index contributed by atoms with van der Waals surface area (Å²) in [6.45, 7) is 2.14. The van der Waals surface area contributed by atoms with Crippen LogP contribution in [0.4, 0.5) is 5.13 Å². The van der Waals surface area contributed by atoms with E-state index in [1.165, 1.54) is 11.3 Å². The Morgan fingerprint density at radius 1 is 1.21 bits per heavy atom. The van der Waals surface area contributed by atoms with Crippen molar-refractivity contribution in [3.63, 3.8) is 0 Å². The summed E-state index contributed by atoms with van der Waals surface area (Å²) < 4.78 is 16.6. The van der Waals surface area contributed by atoms with E-state index in [2.05, 4.69) is 27.6 Å². The van der Waals surface area contributed by atoms with Crippen molar-refractivity contribution >= 4 is 34.1 Å². The van der Waals surface area contributed by atoms with Gasteiger partial charge in [0.2, 0.25) is 5.13 Å². The lowest BCUT2D eigenvalue weighted by Crippen LogP contribution is -2.11. The van der Waals surface area contributed by atoms with Crippen LogP contribution < -0.4 is 14.8 Å². The first kappa shape index (κ1) is 20.2. The fourth-order valence-corrected chi connectivity index (χ4v) is 4.19. The Balaban J connectivity index is 1.67. The minimum absolute atomic E-state index is 0.153. The van der Waals surface area contributed by atoms with Gasteiger partial charge in [-0.2, -0.15) is 0 Å². The average Bonchev–Trinajstić information content (AvgIpc) is 3.37. The Hall–Kier alpha value is -2.59. The van der Waals surface area contributed by atoms with Crippen LogP contribution in [0, 0.1) is 0 Å². The third-order valence-corrected chi connectivity index (χ3v) is 5.82. The second-order valence-electron chi connectivity index (χ2n) is 5.68. The quantitative estimate of drug-likeness (QED) is 0.310. The molecule has 1 amide bonds. The zero-order chi connectivity index (χ0) is 19.9. The van der Waals surface area contributed by atoms with Gasteiger partial charge in [-0.15, -0.1) is 10.2 Å². The van der Waals surface area contributed by atoms with Crippen LogP contribution in [-0.4, -0.2) is 41.2 Å². The molecule has 0 spiro atoms. The molecule has 0 aliphatic rings. The van der Waals surface area contributed by atoms with Crippen LogP contribution >= 0.6 is 23.1 Å². The fourth-order valence-electron chi connectivity index (χ4n) is 2.29. The zero-order valence-electron chi connectivity index (χ0n) is 15.7. The van der Waals surface area contributed by atoms with Crippen molar-refractivity contribution in [2.45, 2.75) is 24.1 Å². The van der Waals surface area contributed by atoms with E-state index in [4.69, 9.17) is 14.0 Å². The van der Waals surface area contributed by atoms with E-state index in [0.717, 1.165) is 28.5 Å². The Morgan fingerprint density at radius 3 is 2.79 bits per heavy atom. The first-order chi connectivity index (χ1) is 13.6. The lowest BCUT2D eigenvalue weighted by atomic mass is 10.1. The van der Waals surface area contributed by atoms with Crippen LogP contribution in [0.2, 0.25) is 0 Å². The highest BCUT2D eigenvalue weighted by atomic mass is 32.2. The van der Waals surface area contributed by atoms with Gasteiger partial charge in [-0.25, -0.2) is 0 Å². The fraction of sp³-hybridized carbons (Fsp3) is 0.333. The minimum Gasteiger partial charge on any atom is -0.493 e. The van der Waals surface area contributed by atoms with E-state index in [1.54, 1.807) is 50.2 Å². The summed E-state index contributed by atoms with van der Waals surface area (Å²) in [4.78, 5) is 12.4. The van der Waals surface area contributed by atoms with Gasteiger partial charge >= 0.3 is 0 Å². The summed E-state index contributed by atoms with van der Waals surface area (Å²) in [5.41, 5.74) is 0.870. The van der Waals surface area contributed by atoms with Gasteiger partial charge in [0.05, 0.1) is 14.2 Å². The van der Waals surface area contributed by atoms with Gasteiger partial charge < -0.3 is 14.0 Å². The predicted molar refractivity (Wildman–Crippen MR) is 109 cm³/mol. The van der Waals surface area contributed by atoms with Gasteiger partial charge in [0.1, 0.15) is 0 Å². The minimum atomic E-state index is -0.406. The van der Waals surface area contributed by atoms with Crippen molar-refractivity contribution in [1.29, 1.82) is 0 Å². The normalized spacial score (nSPS) is 10.7. The van der Waals surface area contributed by atoms with E-state index in [1.807, 2.05) is 0 Å². The van der Waals surface area contributed by atoms with Gasteiger partial charge in [0.25, 0.3) is 5.91 Å². The lowest BCUT2D eigenvalue weighted by molar-refractivity contribution is 0.101. The molecule has 0 aliphatic heterocycles. The highest BCUT2D eigenvalue weighted by Gasteiger charge is 2.17. The predicted octanol–water partition coefficient (Wildman–Crippen LogP) is 4.35. The number of aromatic nitrogens is 3. The number of thioether (sulfide) groups is 1. The van der Waals surface area contributed by atoms with Crippen molar-refractivity contribution in [1.82, 2.24) is 15.4 Å². The summed E-state index contributed by atoms with van der Waals surface area (Å²) in [7, 11) is 3.12. The van der Waals surface area contributed by atoms with Gasteiger partial charge in [-0.3, -0.25) is 10.1 Å². The number of anilines is 1. The van der Waals surface area contributed by atoms with Crippen LogP contribution in [0.25, 0.3) is 11.3 Å². The molecule has 0 bridgehead atoms. The second-order valence-corrected chi connectivity index (χ2v) is 7.99. The topological polar surface area (TPSA) is 99.4 Å². The first-order valence-electron chi connectivity index (χ1n) is 8.61. The molecule has 0 atom stereocenters. The summed E-state index contributed by atoms with van der Waals surface area (Å²) in [5.74, 6) is 2.18.